The number of ketones is 1. The predicted octanol–water partition coefficient (Wildman–Crippen LogP) is 3.35. The second-order valence-corrected chi connectivity index (χ2v) is 12.5. The number of esters is 1. The summed E-state index contributed by atoms with van der Waals surface area (Å²) in [5, 5.41) is 20.4. The number of fused-ring (bicyclic) bond motifs is 4. The molecule has 4 fully saturated rings. The molecule has 186 valence electrons. The quantitative estimate of drug-likeness (QED) is 0.485. The van der Waals surface area contributed by atoms with Gasteiger partial charge in [-0.2, -0.15) is 0 Å². The van der Waals surface area contributed by atoms with E-state index in [1.165, 1.54) is 0 Å². The molecule has 11 atom stereocenters. The number of hydrogen-bond acceptors (Lipinski definition) is 6. The molecule has 0 aromatic carbocycles. The number of hydrogen-bond donors (Lipinski definition) is 2. The van der Waals surface area contributed by atoms with Crippen molar-refractivity contribution in [2.24, 2.45) is 40.4 Å². The Morgan fingerprint density at radius 1 is 1.18 bits per heavy atom. The number of epoxide rings is 1. The SMILES string of the molecule is CC1=C(CO)C(=O)O[C@@H](C(C)[C@H]2CC[C@H]3[C@@H]4C[C@H]5O[C@]56[C@@H](O)C=CC(=O)[C@]6(C)[C@H]4CC[C@]23C)C1. The molecular formula is C28H38O6. The van der Waals surface area contributed by atoms with E-state index >= 15 is 0 Å². The van der Waals surface area contributed by atoms with Crippen LogP contribution >= 0.6 is 0 Å². The third-order valence-electron chi connectivity index (χ3n) is 11.6. The summed E-state index contributed by atoms with van der Waals surface area (Å²) < 4.78 is 12.1. The summed E-state index contributed by atoms with van der Waals surface area (Å²) in [5.74, 6) is 1.61. The molecular weight excluding hydrogens is 432 g/mol. The van der Waals surface area contributed by atoms with Crippen molar-refractivity contribution in [1.82, 2.24) is 0 Å². The molecule has 2 N–H and O–H groups in total. The maximum absolute atomic E-state index is 13.3. The summed E-state index contributed by atoms with van der Waals surface area (Å²) in [6, 6.07) is 0. The molecule has 1 unspecified atom stereocenters. The fourth-order valence-electron chi connectivity index (χ4n) is 9.69. The van der Waals surface area contributed by atoms with Crippen LogP contribution in [0.15, 0.2) is 23.3 Å². The molecule has 0 amide bonds. The zero-order valence-electron chi connectivity index (χ0n) is 20.8. The Morgan fingerprint density at radius 3 is 2.65 bits per heavy atom. The van der Waals surface area contributed by atoms with Gasteiger partial charge in [0.2, 0.25) is 0 Å². The zero-order valence-corrected chi connectivity index (χ0v) is 20.8. The molecule has 6 aliphatic rings. The Balaban J connectivity index is 1.27. The third-order valence-corrected chi connectivity index (χ3v) is 11.6. The molecule has 4 aliphatic carbocycles. The number of allylic oxidation sites excluding steroid dienone is 1. The number of carbonyl (C=O) groups is 2. The molecule has 34 heavy (non-hydrogen) atoms. The average Bonchev–Trinajstić information content (AvgIpc) is 3.43. The minimum Gasteiger partial charge on any atom is -0.458 e. The molecule has 0 aromatic heterocycles. The van der Waals surface area contributed by atoms with E-state index in [0.717, 1.165) is 37.7 Å². The first-order valence-electron chi connectivity index (χ1n) is 13.2. The normalized spacial score (nSPS) is 52.4. The second kappa shape index (κ2) is 7.27. The zero-order chi connectivity index (χ0) is 24.2. The topological polar surface area (TPSA) is 96.4 Å². The van der Waals surface area contributed by atoms with E-state index in [4.69, 9.17) is 9.47 Å². The molecule has 0 aromatic rings. The standard InChI is InChI=1S/C28H38O6/c1-14-11-21(33-25(32)17(14)13-29)15(2)18-5-6-19-16-12-24-28(34-24)23(31)8-7-22(30)27(28,4)20(16)9-10-26(18,19)3/h7-8,15-16,18-21,23-24,29,31H,5-6,9-13H2,1-4H3/t15?,16-,18+,19-,20-,21+,23-,24+,26+,27-,28+/m0/s1. The lowest BCUT2D eigenvalue weighted by Crippen LogP contribution is -2.63. The van der Waals surface area contributed by atoms with Crippen LogP contribution in [0.2, 0.25) is 0 Å². The summed E-state index contributed by atoms with van der Waals surface area (Å²) in [6.07, 6.45) is 8.23. The lowest BCUT2D eigenvalue weighted by Gasteiger charge is -2.58. The van der Waals surface area contributed by atoms with Crippen LogP contribution in [0, 0.1) is 40.4 Å². The number of rotatable bonds is 3. The number of carbonyl (C=O) groups excluding carboxylic acids is 2. The van der Waals surface area contributed by atoms with Gasteiger partial charge >= 0.3 is 5.97 Å². The highest BCUT2D eigenvalue weighted by Crippen LogP contribution is 2.73. The monoisotopic (exact) mass is 470 g/mol. The van der Waals surface area contributed by atoms with E-state index in [0.29, 0.717) is 29.7 Å². The summed E-state index contributed by atoms with van der Waals surface area (Å²) in [5.41, 5.74) is 0.129. The number of aliphatic hydroxyl groups excluding tert-OH is 2. The van der Waals surface area contributed by atoms with Gasteiger partial charge in [0.1, 0.15) is 17.8 Å². The largest absolute Gasteiger partial charge is 0.458 e. The van der Waals surface area contributed by atoms with Gasteiger partial charge in [-0.25, -0.2) is 4.79 Å². The molecule has 6 heteroatoms. The van der Waals surface area contributed by atoms with E-state index in [-0.39, 0.29) is 47.8 Å². The molecule has 2 heterocycles. The van der Waals surface area contributed by atoms with Crippen molar-refractivity contribution in [2.75, 3.05) is 6.61 Å². The van der Waals surface area contributed by atoms with E-state index < -0.39 is 17.1 Å². The molecule has 1 saturated heterocycles. The first kappa shape index (κ1) is 22.9. The summed E-state index contributed by atoms with van der Waals surface area (Å²) in [4.78, 5) is 25.8. The van der Waals surface area contributed by atoms with Crippen molar-refractivity contribution < 1.29 is 29.3 Å². The predicted molar refractivity (Wildman–Crippen MR) is 124 cm³/mol. The Kier molecular flexibility index (Phi) is 4.90. The van der Waals surface area contributed by atoms with Gasteiger partial charge in [0, 0.05) is 6.42 Å². The van der Waals surface area contributed by atoms with Crippen molar-refractivity contribution >= 4 is 11.8 Å². The van der Waals surface area contributed by atoms with Crippen LogP contribution in [0.4, 0.5) is 0 Å². The maximum atomic E-state index is 13.3. The fraction of sp³-hybridized carbons (Fsp3) is 0.786. The van der Waals surface area contributed by atoms with E-state index in [9.17, 15) is 19.8 Å². The Bertz CT molecular complexity index is 999. The Morgan fingerprint density at radius 2 is 1.94 bits per heavy atom. The van der Waals surface area contributed by atoms with Crippen molar-refractivity contribution in [3.8, 4) is 0 Å². The van der Waals surface area contributed by atoms with Crippen LogP contribution in [0.5, 0.6) is 0 Å². The number of ether oxygens (including phenoxy) is 2. The van der Waals surface area contributed by atoms with E-state index in [2.05, 4.69) is 20.8 Å². The van der Waals surface area contributed by atoms with Gasteiger partial charge in [-0.3, -0.25) is 4.79 Å². The van der Waals surface area contributed by atoms with E-state index in [1.807, 2.05) is 6.92 Å². The minimum atomic E-state index is -0.719. The van der Waals surface area contributed by atoms with Crippen molar-refractivity contribution in [3.63, 3.8) is 0 Å². The summed E-state index contributed by atoms with van der Waals surface area (Å²) in [7, 11) is 0. The van der Waals surface area contributed by atoms with Gasteiger partial charge in [-0.1, -0.05) is 19.4 Å². The smallest absolute Gasteiger partial charge is 0.336 e. The molecule has 3 saturated carbocycles. The number of aliphatic hydroxyl groups is 2. The van der Waals surface area contributed by atoms with Crippen molar-refractivity contribution in [3.05, 3.63) is 23.3 Å². The molecule has 0 radical (unpaired) electrons. The summed E-state index contributed by atoms with van der Waals surface area (Å²) in [6.45, 7) is 8.41. The van der Waals surface area contributed by atoms with Gasteiger partial charge < -0.3 is 19.7 Å². The van der Waals surface area contributed by atoms with Gasteiger partial charge in [0.05, 0.1) is 23.7 Å². The van der Waals surface area contributed by atoms with Crippen LogP contribution in [-0.4, -0.2) is 52.5 Å². The van der Waals surface area contributed by atoms with Crippen LogP contribution in [0.3, 0.4) is 0 Å². The van der Waals surface area contributed by atoms with Gasteiger partial charge in [0.25, 0.3) is 0 Å². The van der Waals surface area contributed by atoms with Crippen molar-refractivity contribution in [1.29, 1.82) is 0 Å². The highest BCUT2D eigenvalue weighted by Gasteiger charge is 2.80. The van der Waals surface area contributed by atoms with Gasteiger partial charge in [-0.15, -0.1) is 0 Å². The fourth-order valence-corrected chi connectivity index (χ4v) is 9.69. The Hall–Kier alpha value is -1.50. The van der Waals surface area contributed by atoms with Crippen LogP contribution in [-0.2, 0) is 19.1 Å². The molecule has 1 spiro atoms. The molecule has 6 nitrogen and oxygen atoms in total. The molecule has 6 rings (SSSR count). The average molecular weight is 471 g/mol. The second-order valence-electron chi connectivity index (χ2n) is 12.5. The van der Waals surface area contributed by atoms with E-state index in [1.54, 1.807) is 12.2 Å². The maximum Gasteiger partial charge on any atom is 0.336 e. The first-order valence-corrected chi connectivity index (χ1v) is 13.2. The minimum absolute atomic E-state index is 0.0366. The molecule has 2 aliphatic heterocycles. The molecule has 0 bridgehead atoms. The highest BCUT2D eigenvalue weighted by molar-refractivity contribution is 5.98. The van der Waals surface area contributed by atoms with Gasteiger partial charge in [0.15, 0.2) is 5.78 Å². The lowest BCUT2D eigenvalue weighted by molar-refractivity contribution is -0.155. The van der Waals surface area contributed by atoms with Crippen molar-refractivity contribution in [2.45, 2.75) is 90.1 Å². The lowest BCUT2D eigenvalue weighted by atomic mass is 9.44. The third kappa shape index (κ3) is 2.63. The Labute approximate surface area is 201 Å². The number of cyclic esters (lactones) is 1. The van der Waals surface area contributed by atoms with Gasteiger partial charge in [-0.05, 0) is 93.1 Å². The van der Waals surface area contributed by atoms with Crippen LogP contribution in [0.25, 0.3) is 0 Å². The highest BCUT2D eigenvalue weighted by atomic mass is 16.6. The first-order chi connectivity index (χ1) is 16.1. The van der Waals surface area contributed by atoms with Crippen LogP contribution < -0.4 is 0 Å². The summed E-state index contributed by atoms with van der Waals surface area (Å²) >= 11 is 0. The van der Waals surface area contributed by atoms with Crippen LogP contribution in [0.1, 0.15) is 66.2 Å².